The number of thiocarbonyl (C=S) groups is 1. The first-order chi connectivity index (χ1) is 5.70. The summed E-state index contributed by atoms with van der Waals surface area (Å²) >= 11 is 5.15. The quantitative estimate of drug-likeness (QED) is 0.700. The van der Waals surface area contributed by atoms with Gasteiger partial charge in [-0.05, 0) is 12.1 Å². The summed E-state index contributed by atoms with van der Waals surface area (Å²) in [5.74, 6) is 0.403. The lowest BCUT2D eigenvalue weighted by Gasteiger charge is -2.09. The van der Waals surface area contributed by atoms with Gasteiger partial charge in [-0.1, -0.05) is 44.3 Å². The molecule has 1 aromatic carbocycles. The highest BCUT2D eigenvalue weighted by molar-refractivity contribution is 7.80. The molecule has 0 bridgehead atoms. The van der Waals surface area contributed by atoms with Crippen molar-refractivity contribution < 1.29 is 0 Å². The molecule has 64 valence electrons. The first-order valence-electron chi connectivity index (χ1n) is 4.06. The van der Waals surface area contributed by atoms with Gasteiger partial charge in [-0.3, -0.25) is 0 Å². The standard InChI is InChI=1S/C10H13NS/c1-8(2)10(12)11-9-6-4-3-5-7-9/h3-8H,1-2H3,(H,11,12). The van der Waals surface area contributed by atoms with Crippen LogP contribution in [0.15, 0.2) is 30.3 Å². The number of benzene rings is 1. The van der Waals surface area contributed by atoms with Gasteiger partial charge in [-0.25, -0.2) is 0 Å². The first-order valence-corrected chi connectivity index (χ1v) is 4.47. The zero-order valence-electron chi connectivity index (χ0n) is 7.37. The fourth-order valence-electron chi connectivity index (χ4n) is 0.808. The molecule has 0 saturated carbocycles. The van der Waals surface area contributed by atoms with Crippen LogP contribution in [0, 0.1) is 5.92 Å². The normalized spacial score (nSPS) is 9.92. The van der Waals surface area contributed by atoms with E-state index in [4.69, 9.17) is 12.2 Å². The summed E-state index contributed by atoms with van der Waals surface area (Å²) in [6.07, 6.45) is 0. The highest BCUT2D eigenvalue weighted by Gasteiger charge is 2.00. The van der Waals surface area contributed by atoms with Crippen LogP contribution in [0.25, 0.3) is 0 Å². The van der Waals surface area contributed by atoms with Crippen molar-refractivity contribution in [1.82, 2.24) is 0 Å². The molecule has 2 heteroatoms. The van der Waals surface area contributed by atoms with Crippen molar-refractivity contribution in [2.24, 2.45) is 5.92 Å². The second-order valence-corrected chi connectivity index (χ2v) is 3.45. The molecule has 0 amide bonds. The molecule has 12 heavy (non-hydrogen) atoms. The topological polar surface area (TPSA) is 12.0 Å². The average Bonchev–Trinajstić information content (AvgIpc) is 2.06. The summed E-state index contributed by atoms with van der Waals surface area (Å²) in [5, 5.41) is 3.17. The first kappa shape index (κ1) is 9.20. The summed E-state index contributed by atoms with van der Waals surface area (Å²) in [6, 6.07) is 9.99. The van der Waals surface area contributed by atoms with E-state index in [0.29, 0.717) is 5.92 Å². The fraction of sp³-hybridized carbons (Fsp3) is 0.300. The fourth-order valence-corrected chi connectivity index (χ4v) is 0.926. The van der Waals surface area contributed by atoms with Crippen molar-refractivity contribution in [3.8, 4) is 0 Å². The van der Waals surface area contributed by atoms with Gasteiger partial charge in [0.2, 0.25) is 0 Å². The summed E-state index contributed by atoms with van der Waals surface area (Å²) < 4.78 is 0. The molecule has 0 unspecified atom stereocenters. The molecule has 0 fully saturated rings. The molecule has 0 aliphatic carbocycles. The van der Waals surface area contributed by atoms with E-state index in [1.165, 1.54) is 0 Å². The van der Waals surface area contributed by atoms with Gasteiger partial charge in [-0.15, -0.1) is 0 Å². The van der Waals surface area contributed by atoms with E-state index in [0.717, 1.165) is 10.7 Å². The van der Waals surface area contributed by atoms with Gasteiger partial charge in [0.05, 0.1) is 4.99 Å². The van der Waals surface area contributed by atoms with E-state index in [9.17, 15) is 0 Å². The molecule has 1 rings (SSSR count). The van der Waals surface area contributed by atoms with E-state index in [1.807, 2.05) is 30.3 Å². The molecule has 0 radical (unpaired) electrons. The molecular weight excluding hydrogens is 166 g/mol. The Morgan fingerprint density at radius 2 is 1.83 bits per heavy atom. The lowest BCUT2D eigenvalue weighted by molar-refractivity contribution is 0.898. The van der Waals surface area contributed by atoms with Crippen molar-refractivity contribution in [2.45, 2.75) is 13.8 Å². The summed E-state index contributed by atoms with van der Waals surface area (Å²) in [5.41, 5.74) is 1.07. The molecule has 0 aliphatic rings. The van der Waals surface area contributed by atoms with Gasteiger partial charge in [0.1, 0.15) is 0 Å². The van der Waals surface area contributed by atoms with Crippen LogP contribution in [0.1, 0.15) is 13.8 Å². The maximum absolute atomic E-state index is 5.15. The van der Waals surface area contributed by atoms with Gasteiger partial charge >= 0.3 is 0 Å². The van der Waals surface area contributed by atoms with Crippen LogP contribution in [-0.4, -0.2) is 4.99 Å². The highest BCUT2D eigenvalue weighted by atomic mass is 32.1. The van der Waals surface area contributed by atoms with Crippen molar-refractivity contribution >= 4 is 22.9 Å². The van der Waals surface area contributed by atoms with Crippen LogP contribution in [0.4, 0.5) is 5.69 Å². The van der Waals surface area contributed by atoms with Gasteiger partial charge in [0, 0.05) is 11.6 Å². The Morgan fingerprint density at radius 3 is 2.33 bits per heavy atom. The van der Waals surface area contributed by atoms with Crippen LogP contribution < -0.4 is 5.32 Å². The second kappa shape index (κ2) is 4.21. The predicted octanol–water partition coefficient (Wildman–Crippen LogP) is 3.08. The van der Waals surface area contributed by atoms with Gasteiger partial charge in [-0.2, -0.15) is 0 Å². The Morgan fingerprint density at radius 1 is 1.25 bits per heavy atom. The number of rotatable bonds is 2. The van der Waals surface area contributed by atoms with E-state index in [-0.39, 0.29) is 0 Å². The number of para-hydroxylation sites is 1. The number of anilines is 1. The third-order valence-corrected chi connectivity index (χ3v) is 2.14. The molecule has 0 aliphatic heterocycles. The summed E-state index contributed by atoms with van der Waals surface area (Å²) in [7, 11) is 0. The Labute approximate surface area is 78.8 Å². The largest absolute Gasteiger partial charge is 0.350 e. The summed E-state index contributed by atoms with van der Waals surface area (Å²) in [6.45, 7) is 4.16. The highest BCUT2D eigenvalue weighted by Crippen LogP contribution is 2.07. The molecule has 1 nitrogen and oxygen atoms in total. The Balaban J connectivity index is 2.59. The maximum atomic E-state index is 5.15. The van der Waals surface area contributed by atoms with Crippen molar-refractivity contribution in [1.29, 1.82) is 0 Å². The van der Waals surface area contributed by atoms with E-state index in [1.54, 1.807) is 0 Å². The SMILES string of the molecule is CC(C)C(=S)Nc1ccccc1. The minimum atomic E-state index is 0.403. The third kappa shape index (κ3) is 2.62. The van der Waals surface area contributed by atoms with Crippen molar-refractivity contribution in [2.75, 3.05) is 5.32 Å². The van der Waals surface area contributed by atoms with Gasteiger partial charge in [0.25, 0.3) is 0 Å². The van der Waals surface area contributed by atoms with E-state index >= 15 is 0 Å². The Bertz CT molecular complexity index is 254. The maximum Gasteiger partial charge on any atom is 0.0823 e. The lowest BCUT2D eigenvalue weighted by atomic mass is 10.2. The molecule has 0 atom stereocenters. The monoisotopic (exact) mass is 179 g/mol. The Hall–Kier alpha value is -0.890. The van der Waals surface area contributed by atoms with Crippen LogP contribution in [0.5, 0.6) is 0 Å². The van der Waals surface area contributed by atoms with Crippen molar-refractivity contribution in [3.63, 3.8) is 0 Å². The zero-order chi connectivity index (χ0) is 8.97. The zero-order valence-corrected chi connectivity index (χ0v) is 8.19. The number of nitrogens with one attached hydrogen (secondary N) is 1. The summed E-state index contributed by atoms with van der Waals surface area (Å²) in [4.78, 5) is 0.890. The predicted molar refractivity (Wildman–Crippen MR) is 57.5 cm³/mol. The Kier molecular flexibility index (Phi) is 3.23. The molecule has 0 saturated heterocycles. The van der Waals surface area contributed by atoms with Crippen LogP contribution in [-0.2, 0) is 0 Å². The third-order valence-electron chi connectivity index (χ3n) is 1.57. The molecule has 0 aromatic heterocycles. The van der Waals surface area contributed by atoms with Crippen LogP contribution in [0.3, 0.4) is 0 Å². The smallest absolute Gasteiger partial charge is 0.0823 e. The van der Waals surface area contributed by atoms with Crippen molar-refractivity contribution in [3.05, 3.63) is 30.3 Å². The molecule has 1 N–H and O–H groups in total. The average molecular weight is 179 g/mol. The minimum Gasteiger partial charge on any atom is -0.350 e. The molecule has 0 heterocycles. The van der Waals surface area contributed by atoms with Crippen LogP contribution >= 0.6 is 12.2 Å². The molecular formula is C10H13NS. The molecule has 0 spiro atoms. The minimum absolute atomic E-state index is 0.403. The van der Waals surface area contributed by atoms with Gasteiger partial charge < -0.3 is 5.32 Å². The van der Waals surface area contributed by atoms with Crippen LogP contribution in [0.2, 0.25) is 0 Å². The second-order valence-electron chi connectivity index (χ2n) is 3.01. The lowest BCUT2D eigenvalue weighted by Crippen LogP contribution is -2.15. The van der Waals surface area contributed by atoms with E-state index in [2.05, 4.69) is 19.2 Å². The number of hydrogen-bond donors (Lipinski definition) is 1. The van der Waals surface area contributed by atoms with Gasteiger partial charge in [0.15, 0.2) is 0 Å². The number of hydrogen-bond acceptors (Lipinski definition) is 1. The molecule has 1 aromatic rings. The van der Waals surface area contributed by atoms with E-state index < -0.39 is 0 Å².